The third kappa shape index (κ3) is 2.22. The van der Waals surface area contributed by atoms with Crippen LogP contribution in [0.1, 0.15) is 13.3 Å². The highest BCUT2D eigenvalue weighted by molar-refractivity contribution is 6.21. The van der Waals surface area contributed by atoms with E-state index in [4.69, 9.17) is 10.5 Å². The highest BCUT2D eigenvalue weighted by atomic mass is 16.5. The van der Waals surface area contributed by atoms with Crippen LogP contribution in [0.2, 0.25) is 0 Å². The van der Waals surface area contributed by atoms with Crippen LogP contribution < -0.4 is 15.4 Å². The van der Waals surface area contributed by atoms with Crippen LogP contribution in [0.15, 0.2) is 24.3 Å². The number of amides is 2. The molecule has 1 heterocycles. The quantitative estimate of drug-likeness (QED) is 0.804. The van der Waals surface area contributed by atoms with E-state index in [1.165, 1.54) is 4.90 Å². The van der Waals surface area contributed by atoms with Crippen LogP contribution in [-0.4, -0.2) is 25.0 Å². The normalized spacial score (nSPS) is 19.4. The number of imide groups is 1. The molecule has 1 fully saturated rings. The Balaban J connectivity index is 2.32. The number of hydrogen-bond acceptors (Lipinski definition) is 4. The minimum absolute atomic E-state index is 0.177. The van der Waals surface area contributed by atoms with Crippen LogP contribution >= 0.6 is 0 Å². The Morgan fingerprint density at radius 2 is 2.11 bits per heavy atom. The SMILES string of the molecule is CC1CC(=O)N(c2ccccc2OCCN)C1=O. The highest BCUT2D eigenvalue weighted by Gasteiger charge is 2.37. The summed E-state index contributed by atoms with van der Waals surface area (Å²) in [5, 5.41) is 0. The van der Waals surface area contributed by atoms with Gasteiger partial charge in [0.25, 0.3) is 0 Å². The van der Waals surface area contributed by atoms with E-state index in [2.05, 4.69) is 0 Å². The first-order valence-corrected chi connectivity index (χ1v) is 5.94. The standard InChI is InChI=1S/C13H16N2O3/c1-9-8-12(16)15(13(9)17)10-4-2-3-5-11(10)18-7-6-14/h2-5,9H,6-8,14H2,1H3. The van der Waals surface area contributed by atoms with Crippen molar-refractivity contribution in [2.75, 3.05) is 18.1 Å². The minimum atomic E-state index is -0.264. The van der Waals surface area contributed by atoms with Crippen LogP contribution in [0.3, 0.4) is 0 Å². The number of nitrogens with two attached hydrogens (primary N) is 1. The smallest absolute Gasteiger partial charge is 0.237 e. The Bertz CT molecular complexity index is 473. The second-order valence-electron chi connectivity index (χ2n) is 4.28. The van der Waals surface area contributed by atoms with Gasteiger partial charge in [-0.1, -0.05) is 19.1 Å². The van der Waals surface area contributed by atoms with Crippen molar-refractivity contribution in [3.8, 4) is 5.75 Å². The first kappa shape index (κ1) is 12.6. The fourth-order valence-electron chi connectivity index (χ4n) is 1.97. The molecular formula is C13H16N2O3. The summed E-state index contributed by atoms with van der Waals surface area (Å²) in [5.74, 6) is -0.112. The van der Waals surface area contributed by atoms with Gasteiger partial charge in [0, 0.05) is 18.9 Å². The first-order valence-electron chi connectivity index (χ1n) is 5.94. The van der Waals surface area contributed by atoms with Crippen LogP contribution in [0, 0.1) is 5.92 Å². The third-order valence-corrected chi connectivity index (χ3v) is 2.85. The summed E-state index contributed by atoms with van der Waals surface area (Å²) in [7, 11) is 0. The van der Waals surface area contributed by atoms with E-state index in [0.29, 0.717) is 24.6 Å². The lowest BCUT2D eigenvalue weighted by Gasteiger charge is -2.18. The van der Waals surface area contributed by atoms with Crippen LogP contribution in [0.5, 0.6) is 5.75 Å². The Labute approximate surface area is 106 Å². The molecule has 96 valence electrons. The molecule has 0 bridgehead atoms. The largest absolute Gasteiger partial charge is 0.490 e. The molecular weight excluding hydrogens is 232 g/mol. The van der Waals surface area contributed by atoms with E-state index in [-0.39, 0.29) is 24.2 Å². The van der Waals surface area contributed by atoms with Crippen LogP contribution in [-0.2, 0) is 9.59 Å². The Morgan fingerprint density at radius 3 is 2.72 bits per heavy atom. The molecule has 18 heavy (non-hydrogen) atoms. The van der Waals surface area contributed by atoms with Gasteiger partial charge in [-0.25, -0.2) is 4.90 Å². The molecule has 0 spiro atoms. The van der Waals surface area contributed by atoms with Gasteiger partial charge in [-0.3, -0.25) is 9.59 Å². The number of carbonyl (C=O) groups is 2. The molecule has 2 rings (SSSR count). The number of nitrogens with zero attached hydrogens (tertiary/aromatic N) is 1. The number of anilines is 1. The fraction of sp³-hybridized carbons (Fsp3) is 0.385. The predicted molar refractivity (Wildman–Crippen MR) is 67.3 cm³/mol. The summed E-state index contributed by atoms with van der Waals surface area (Å²) in [5.41, 5.74) is 5.89. The fourth-order valence-corrected chi connectivity index (χ4v) is 1.97. The van der Waals surface area contributed by atoms with E-state index in [1.807, 2.05) is 0 Å². The van der Waals surface area contributed by atoms with Crippen molar-refractivity contribution in [1.82, 2.24) is 0 Å². The van der Waals surface area contributed by atoms with Crippen molar-refractivity contribution < 1.29 is 14.3 Å². The molecule has 1 aliphatic heterocycles. The van der Waals surface area contributed by atoms with E-state index < -0.39 is 0 Å². The number of ether oxygens (including phenoxy) is 1. The van der Waals surface area contributed by atoms with Gasteiger partial charge in [0.15, 0.2) is 0 Å². The van der Waals surface area contributed by atoms with Gasteiger partial charge in [-0.05, 0) is 12.1 Å². The van der Waals surface area contributed by atoms with Crippen molar-refractivity contribution in [3.05, 3.63) is 24.3 Å². The molecule has 2 amide bonds. The average Bonchev–Trinajstić information content (AvgIpc) is 2.61. The second kappa shape index (κ2) is 5.18. The molecule has 0 radical (unpaired) electrons. The number of rotatable bonds is 4. The van der Waals surface area contributed by atoms with Crippen molar-refractivity contribution in [3.63, 3.8) is 0 Å². The van der Waals surface area contributed by atoms with Gasteiger partial charge >= 0.3 is 0 Å². The molecule has 1 atom stereocenters. The summed E-state index contributed by atoms with van der Waals surface area (Å²) in [6, 6.07) is 7.01. The molecule has 1 aromatic rings. The lowest BCUT2D eigenvalue weighted by molar-refractivity contribution is -0.122. The molecule has 1 aliphatic rings. The summed E-state index contributed by atoms with van der Waals surface area (Å²) in [6.45, 7) is 2.49. The molecule has 0 saturated carbocycles. The van der Waals surface area contributed by atoms with Gasteiger partial charge in [-0.15, -0.1) is 0 Å². The first-order chi connectivity index (χ1) is 8.65. The van der Waals surface area contributed by atoms with Crippen molar-refractivity contribution in [2.45, 2.75) is 13.3 Å². The monoisotopic (exact) mass is 248 g/mol. The topological polar surface area (TPSA) is 72.6 Å². The van der Waals surface area contributed by atoms with Gasteiger partial charge in [0.2, 0.25) is 11.8 Å². The predicted octanol–water partition coefficient (Wildman–Crippen LogP) is 0.923. The maximum atomic E-state index is 12.0. The molecule has 1 unspecified atom stereocenters. The zero-order valence-electron chi connectivity index (χ0n) is 10.3. The van der Waals surface area contributed by atoms with E-state index in [1.54, 1.807) is 31.2 Å². The van der Waals surface area contributed by atoms with E-state index >= 15 is 0 Å². The van der Waals surface area contributed by atoms with Crippen LogP contribution in [0.4, 0.5) is 5.69 Å². The summed E-state index contributed by atoms with van der Waals surface area (Å²) < 4.78 is 5.46. The van der Waals surface area contributed by atoms with Gasteiger partial charge in [0.1, 0.15) is 12.4 Å². The number of para-hydroxylation sites is 2. The van der Waals surface area contributed by atoms with Crippen molar-refractivity contribution in [2.24, 2.45) is 11.7 Å². The molecule has 0 aliphatic carbocycles. The molecule has 5 heteroatoms. The third-order valence-electron chi connectivity index (χ3n) is 2.85. The van der Waals surface area contributed by atoms with Gasteiger partial charge in [0.05, 0.1) is 5.69 Å². The van der Waals surface area contributed by atoms with Crippen molar-refractivity contribution in [1.29, 1.82) is 0 Å². The number of hydrogen-bond donors (Lipinski definition) is 1. The zero-order chi connectivity index (χ0) is 13.1. The maximum Gasteiger partial charge on any atom is 0.237 e. The number of benzene rings is 1. The summed E-state index contributed by atoms with van der Waals surface area (Å²) >= 11 is 0. The van der Waals surface area contributed by atoms with Crippen molar-refractivity contribution >= 4 is 17.5 Å². The summed E-state index contributed by atoms with van der Waals surface area (Å²) in [6.07, 6.45) is 0.254. The maximum absolute atomic E-state index is 12.0. The second-order valence-corrected chi connectivity index (χ2v) is 4.28. The molecule has 5 nitrogen and oxygen atoms in total. The Kier molecular flexibility index (Phi) is 3.62. The van der Waals surface area contributed by atoms with E-state index in [9.17, 15) is 9.59 Å². The average molecular weight is 248 g/mol. The zero-order valence-corrected chi connectivity index (χ0v) is 10.3. The minimum Gasteiger partial charge on any atom is -0.490 e. The van der Waals surface area contributed by atoms with E-state index in [0.717, 1.165) is 0 Å². The molecule has 2 N–H and O–H groups in total. The van der Waals surface area contributed by atoms with Crippen LogP contribution in [0.25, 0.3) is 0 Å². The summed E-state index contributed by atoms with van der Waals surface area (Å²) in [4.78, 5) is 25.0. The number of carbonyl (C=O) groups excluding carboxylic acids is 2. The molecule has 1 aromatic carbocycles. The lowest BCUT2D eigenvalue weighted by atomic mass is 10.1. The molecule has 0 aromatic heterocycles. The van der Waals surface area contributed by atoms with Gasteiger partial charge < -0.3 is 10.5 Å². The Morgan fingerprint density at radius 1 is 1.39 bits per heavy atom. The Hall–Kier alpha value is -1.88. The lowest BCUT2D eigenvalue weighted by Crippen LogP contribution is -2.30. The molecule has 1 saturated heterocycles. The highest BCUT2D eigenvalue weighted by Crippen LogP contribution is 2.33. The van der Waals surface area contributed by atoms with Gasteiger partial charge in [-0.2, -0.15) is 0 Å².